The predicted octanol–water partition coefficient (Wildman–Crippen LogP) is 3.00. The van der Waals surface area contributed by atoms with E-state index in [1.54, 1.807) is 6.07 Å². The van der Waals surface area contributed by atoms with E-state index in [1.165, 1.54) is 17.7 Å². The van der Waals surface area contributed by atoms with Crippen molar-refractivity contribution in [1.29, 1.82) is 0 Å². The largest absolute Gasteiger partial charge is 0.271 e. The van der Waals surface area contributed by atoms with Crippen molar-refractivity contribution in [3.63, 3.8) is 0 Å². The van der Waals surface area contributed by atoms with Crippen LogP contribution < -0.4 is 11.3 Å². The standard InChI is InChI=1S/C15H17FN2/c1-10-6-7-14(11(2)8-10)15(18-17)12-4-3-5-13(16)9-12/h3-9,15,18H,17H2,1-2H3. The first-order valence-electron chi connectivity index (χ1n) is 5.90. The molecule has 2 nitrogen and oxygen atoms in total. The molecule has 0 amide bonds. The van der Waals surface area contributed by atoms with Gasteiger partial charge < -0.3 is 0 Å². The fourth-order valence-corrected chi connectivity index (χ4v) is 2.20. The lowest BCUT2D eigenvalue weighted by atomic mass is 9.94. The first-order valence-corrected chi connectivity index (χ1v) is 5.90. The smallest absolute Gasteiger partial charge is 0.123 e. The van der Waals surface area contributed by atoms with Crippen LogP contribution in [-0.2, 0) is 0 Å². The monoisotopic (exact) mass is 244 g/mol. The first-order chi connectivity index (χ1) is 8.61. The van der Waals surface area contributed by atoms with Gasteiger partial charge in [0.25, 0.3) is 0 Å². The molecule has 0 heterocycles. The van der Waals surface area contributed by atoms with Crippen LogP contribution in [0.2, 0.25) is 0 Å². The highest BCUT2D eigenvalue weighted by Gasteiger charge is 2.14. The van der Waals surface area contributed by atoms with Gasteiger partial charge in [-0.1, -0.05) is 35.9 Å². The second kappa shape index (κ2) is 5.29. The van der Waals surface area contributed by atoms with Crippen LogP contribution in [0.25, 0.3) is 0 Å². The Morgan fingerprint density at radius 2 is 1.89 bits per heavy atom. The lowest BCUT2D eigenvalue weighted by Crippen LogP contribution is -2.29. The molecule has 0 bridgehead atoms. The number of rotatable bonds is 3. The molecule has 0 aliphatic heterocycles. The average molecular weight is 244 g/mol. The zero-order valence-corrected chi connectivity index (χ0v) is 10.6. The maximum Gasteiger partial charge on any atom is 0.123 e. The Kier molecular flexibility index (Phi) is 3.75. The molecule has 0 saturated carbocycles. The zero-order valence-electron chi connectivity index (χ0n) is 10.6. The van der Waals surface area contributed by atoms with Crippen LogP contribution in [0, 0.1) is 19.7 Å². The van der Waals surface area contributed by atoms with Crippen molar-refractivity contribution in [2.75, 3.05) is 0 Å². The molecule has 0 aromatic heterocycles. The molecule has 18 heavy (non-hydrogen) atoms. The summed E-state index contributed by atoms with van der Waals surface area (Å²) in [7, 11) is 0. The summed E-state index contributed by atoms with van der Waals surface area (Å²) in [6.07, 6.45) is 0. The Morgan fingerprint density at radius 3 is 2.50 bits per heavy atom. The van der Waals surface area contributed by atoms with Gasteiger partial charge in [0.2, 0.25) is 0 Å². The minimum Gasteiger partial charge on any atom is -0.271 e. The van der Waals surface area contributed by atoms with Crippen LogP contribution in [0.5, 0.6) is 0 Å². The van der Waals surface area contributed by atoms with Gasteiger partial charge in [0.15, 0.2) is 0 Å². The van der Waals surface area contributed by atoms with Gasteiger partial charge in [0.05, 0.1) is 6.04 Å². The molecule has 2 aromatic rings. The molecule has 3 N–H and O–H groups in total. The van der Waals surface area contributed by atoms with Gasteiger partial charge in [-0.15, -0.1) is 0 Å². The summed E-state index contributed by atoms with van der Waals surface area (Å²) in [5.74, 6) is 5.37. The molecule has 1 atom stereocenters. The van der Waals surface area contributed by atoms with E-state index in [1.807, 2.05) is 32.0 Å². The number of hydrogen-bond donors (Lipinski definition) is 2. The molecule has 0 aliphatic rings. The lowest BCUT2D eigenvalue weighted by Gasteiger charge is -2.19. The lowest BCUT2D eigenvalue weighted by molar-refractivity contribution is 0.604. The number of benzene rings is 2. The first kappa shape index (κ1) is 12.7. The van der Waals surface area contributed by atoms with Crippen molar-refractivity contribution in [2.24, 2.45) is 5.84 Å². The minimum atomic E-state index is -0.252. The highest BCUT2D eigenvalue weighted by Crippen LogP contribution is 2.25. The van der Waals surface area contributed by atoms with Gasteiger partial charge in [-0.2, -0.15) is 0 Å². The molecule has 94 valence electrons. The molecular formula is C15H17FN2. The van der Waals surface area contributed by atoms with Crippen molar-refractivity contribution < 1.29 is 4.39 Å². The third kappa shape index (κ3) is 2.58. The van der Waals surface area contributed by atoms with Crippen LogP contribution in [0.3, 0.4) is 0 Å². The van der Waals surface area contributed by atoms with Crippen LogP contribution in [0.15, 0.2) is 42.5 Å². The van der Waals surface area contributed by atoms with E-state index in [9.17, 15) is 4.39 Å². The third-order valence-corrected chi connectivity index (χ3v) is 3.08. The number of hydrazine groups is 1. The number of hydrogen-bond acceptors (Lipinski definition) is 2. The highest BCUT2D eigenvalue weighted by atomic mass is 19.1. The average Bonchev–Trinajstić information content (AvgIpc) is 2.33. The number of halogens is 1. The van der Waals surface area contributed by atoms with Gasteiger partial charge in [-0.25, -0.2) is 9.82 Å². The van der Waals surface area contributed by atoms with E-state index in [4.69, 9.17) is 5.84 Å². The van der Waals surface area contributed by atoms with E-state index in [2.05, 4.69) is 11.5 Å². The van der Waals surface area contributed by atoms with E-state index in [0.717, 1.165) is 16.7 Å². The molecule has 3 heteroatoms. The van der Waals surface area contributed by atoms with Crippen LogP contribution in [-0.4, -0.2) is 0 Å². The quantitative estimate of drug-likeness (QED) is 0.643. The van der Waals surface area contributed by atoms with Gasteiger partial charge in [0, 0.05) is 0 Å². The fourth-order valence-electron chi connectivity index (χ4n) is 2.20. The summed E-state index contributed by atoms with van der Waals surface area (Å²) in [6.45, 7) is 4.08. The SMILES string of the molecule is Cc1ccc(C(NN)c2cccc(F)c2)c(C)c1. The zero-order chi connectivity index (χ0) is 13.1. The van der Waals surface area contributed by atoms with E-state index < -0.39 is 0 Å². The Morgan fingerprint density at radius 1 is 1.11 bits per heavy atom. The van der Waals surface area contributed by atoms with Crippen LogP contribution >= 0.6 is 0 Å². The Hall–Kier alpha value is -1.71. The molecule has 0 saturated heterocycles. The van der Waals surface area contributed by atoms with E-state index in [-0.39, 0.29) is 11.9 Å². The topological polar surface area (TPSA) is 38.0 Å². The van der Waals surface area contributed by atoms with Crippen molar-refractivity contribution in [3.05, 3.63) is 70.5 Å². The molecule has 1 unspecified atom stereocenters. The van der Waals surface area contributed by atoms with Crippen molar-refractivity contribution >= 4 is 0 Å². The van der Waals surface area contributed by atoms with Crippen molar-refractivity contribution in [1.82, 2.24) is 5.43 Å². The van der Waals surface area contributed by atoms with Gasteiger partial charge in [-0.3, -0.25) is 5.84 Å². The second-order valence-corrected chi connectivity index (χ2v) is 4.51. The highest BCUT2D eigenvalue weighted by molar-refractivity contribution is 5.38. The summed E-state index contributed by atoms with van der Waals surface area (Å²) in [6, 6.07) is 12.5. The second-order valence-electron chi connectivity index (χ2n) is 4.51. The maximum absolute atomic E-state index is 13.3. The van der Waals surface area contributed by atoms with Crippen molar-refractivity contribution in [3.8, 4) is 0 Å². The van der Waals surface area contributed by atoms with Crippen molar-refractivity contribution in [2.45, 2.75) is 19.9 Å². The third-order valence-electron chi connectivity index (χ3n) is 3.08. The molecule has 0 aliphatic carbocycles. The molecule has 2 aromatic carbocycles. The number of aryl methyl sites for hydroxylation is 2. The van der Waals surface area contributed by atoms with E-state index in [0.29, 0.717) is 0 Å². The summed E-state index contributed by atoms with van der Waals surface area (Å²) in [4.78, 5) is 0. The number of nitrogens with one attached hydrogen (secondary N) is 1. The minimum absolute atomic E-state index is 0.193. The summed E-state index contributed by atoms with van der Waals surface area (Å²) >= 11 is 0. The molecule has 2 rings (SSSR count). The Bertz CT molecular complexity index is 552. The predicted molar refractivity (Wildman–Crippen MR) is 71.5 cm³/mol. The molecule has 0 spiro atoms. The molecule has 0 fully saturated rings. The Balaban J connectivity index is 2.45. The van der Waals surface area contributed by atoms with Gasteiger partial charge in [0.1, 0.15) is 5.82 Å². The fraction of sp³-hybridized carbons (Fsp3) is 0.200. The maximum atomic E-state index is 13.3. The normalized spacial score (nSPS) is 12.4. The number of nitrogens with two attached hydrogens (primary N) is 1. The summed E-state index contributed by atoms with van der Waals surface area (Å²) < 4.78 is 13.3. The summed E-state index contributed by atoms with van der Waals surface area (Å²) in [5, 5.41) is 0. The molecule has 0 radical (unpaired) electrons. The van der Waals surface area contributed by atoms with Crippen LogP contribution in [0.1, 0.15) is 28.3 Å². The van der Waals surface area contributed by atoms with Crippen LogP contribution in [0.4, 0.5) is 4.39 Å². The Labute approximate surface area is 107 Å². The molecular weight excluding hydrogens is 227 g/mol. The van der Waals surface area contributed by atoms with Gasteiger partial charge in [-0.05, 0) is 42.7 Å². The van der Waals surface area contributed by atoms with E-state index >= 15 is 0 Å². The van der Waals surface area contributed by atoms with Gasteiger partial charge >= 0.3 is 0 Å². The summed E-state index contributed by atoms with van der Waals surface area (Å²) in [5.41, 5.74) is 6.98.